The van der Waals surface area contributed by atoms with Crippen LogP contribution in [0.2, 0.25) is 0 Å². The second-order valence-corrected chi connectivity index (χ2v) is 8.58. The fraction of sp³-hybridized carbons (Fsp3) is 0.526. The Kier molecular flexibility index (Phi) is 7.23. The fourth-order valence-electron chi connectivity index (χ4n) is 2.96. The van der Waals surface area contributed by atoms with Gasteiger partial charge in [-0.2, -0.15) is 0 Å². The Morgan fingerprint density at radius 1 is 1.37 bits per heavy atom. The molecule has 0 bridgehead atoms. The number of amides is 1. The summed E-state index contributed by atoms with van der Waals surface area (Å²) in [5.74, 6) is 0.767. The second-order valence-electron chi connectivity index (χ2n) is 6.38. The van der Waals surface area contributed by atoms with Gasteiger partial charge in [0.25, 0.3) is 0 Å². The summed E-state index contributed by atoms with van der Waals surface area (Å²) in [7, 11) is 0. The van der Waals surface area contributed by atoms with Gasteiger partial charge in [0.05, 0.1) is 5.01 Å². The third-order valence-electron chi connectivity index (χ3n) is 4.46. The molecule has 8 heteroatoms. The fourth-order valence-corrected chi connectivity index (χ4v) is 4.72. The molecular weight excluding hydrogens is 378 g/mol. The number of hydrogen-bond acceptors (Lipinski definition) is 5. The van der Waals surface area contributed by atoms with E-state index in [1.807, 2.05) is 18.0 Å². The first-order valence-corrected chi connectivity index (χ1v) is 11.2. The van der Waals surface area contributed by atoms with Gasteiger partial charge in [0.1, 0.15) is 6.54 Å². The van der Waals surface area contributed by atoms with Gasteiger partial charge >= 0.3 is 0 Å². The van der Waals surface area contributed by atoms with E-state index in [0.29, 0.717) is 12.5 Å². The average molecular weight is 406 g/mol. The van der Waals surface area contributed by atoms with E-state index in [2.05, 4.69) is 39.0 Å². The Morgan fingerprint density at radius 3 is 3.04 bits per heavy atom. The molecule has 1 aliphatic rings. The summed E-state index contributed by atoms with van der Waals surface area (Å²) in [6, 6.07) is 2.12. The number of thiophene rings is 1. The number of rotatable bonds is 7. The number of guanidine groups is 1. The number of thiazole rings is 1. The van der Waals surface area contributed by atoms with E-state index in [0.717, 1.165) is 43.9 Å². The molecule has 0 spiro atoms. The van der Waals surface area contributed by atoms with E-state index >= 15 is 0 Å². The number of hydrogen-bond donors (Lipinski definition) is 2. The molecule has 146 valence electrons. The first-order chi connectivity index (χ1) is 13.2. The molecule has 2 aromatic rings. The highest BCUT2D eigenvalue weighted by Crippen LogP contribution is 2.23. The molecule has 0 radical (unpaired) electrons. The minimum absolute atomic E-state index is 0.0802. The Balaban J connectivity index is 1.48. The largest absolute Gasteiger partial charge is 0.357 e. The molecular formula is C19H27N5OS2. The summed E-state index contributed by atoms with van der Waals surface area (Å²) in [6.07, 6.45) is 4.79. The quantitative estimate of drug-likeness (QED) is 0.548. The molecule has 27 heavy (non-hydrogen) atoms. The van der Waals surface area contributed by atoms with Gasteiger partial charge in [-0.25, -0.2) is 9.98 Å². The molecule has 3 rings (SSSR count). The summed E-state index contributed by atoms with van der Waals surface area (Å²) >= 11 is 3.54. The van der Waals surface area contributed by atoms with Gasteiger partial charge in [-0.3, -0.25) is 4.79 Å². The molecule has 0 aromatic carbocycles. The van der Waals surface area contributed by atoms with Crippen molar-refractivity contribution in [1.82, 2.24) is 20.5 Å². The normalized spacial score (nSPS) is 14.1. The maximum atomic E-state index is 12.5. The SMILES string of the molecule is CCNC(=NCC(=O)N1CCc2sccc2C1)NCCc1ncc(CC)s1. The minimum atomic E-state index is 0.0802. The Labute approximate surface area is 168 Å². The topological polar surface area (TPSA) is 69.6 Å². The lowest BCUT2D eigenvalue weighted by Gasteiger charge is -2.26. The highest BCUT2D eigenvalue weighted by atomic mass is 32.1. The second kappa shape index (κ2) is 9.85. The van der Waals surface area contributed by atoms with Crippen LogP contribution in [0.15, 0.2) is 22.6 Å². The van der Waals surface area contributed by atoms with Crippen LogP contribution in [-0.4, -0.2) is 47.9 Å². The van der Waals surface area contributed by atoms with Crippen LogP contribution in [0.1, 0.15) is 34.2 Å². The van der Waals surface area contributed by atoms with Gasteiger partial charge in [0.2, 0.25) is 5.91 Å². The van der Waals surface area contributed by atoms with Crippen LogP contribution in [0.4, 0.5) is 0 Å². The maximum absolute atomic E-state index is 12.5. The van der Waals surface area contributed by atoms with Crippen LogP contribution < -0.4 is 10.6 Å². The van der Waals surface area contributed by atoms with Gasteiger partial charge in [0, 0.05) is 48.6 Å². The van der Waals surface area contributed by atoms with Gasteiger partial charge in [-0.15, -0.1) is 22.7 Å². The van der Waals surface area contributed by atoms with Gasteiger partial charge < -0.3 is 15.5 Å². The summed E-state index contributed by atoms with van der Waals surface area (Å²) in [5.41, 5.74) is 1.28. The number of nitrogens with one attached hydrogen (secondary N) is 2. The molecule has 0 fully saturated rings. The third-order valence-corrected chi connectivity index (χ3v) is 6.68. The van der Waals surface area contributed by atoms with E-state index in [1.165, 1.54) is 15.3 Å². The minimum Gasteiger partial charge on any atom is -0.357 e. The van der Waals surface area contributed by atoms with E-state index in [4.69, 9.17) is 0 Å². The molecule has 6 nitrogen and oxygen atoms in total. The zero-order valence-corrected chi connectivity index (χ0v) is 17.6. The lowest BCUT2D eigenvalue weighted by atomic mass is 10.1. The molecule has 0 unspecified atom stereocenters. The first kappa shape index (κ1) is 19.8. The molecule has 0 atom stereocenters. The molecule has 1 aliphatic heterocycles. The lowest BCUT2D eigenvalue weighted by molar-refractivity contribution is -0.130. The molecule has 0 aliphatic carbocycles. The van der Waals surface area contributed by atoms with Gasteiger partial charge in [-0.05, 0) is 36.8 Å². The molecule has 1 amide bonds. The van der Waals surface area contributed by atoms with Crippen molar-refractivity contribution >= 4 is 34.5 Å². The number of aromatic nitrogens is 1. The maximum Gasteiger partial charge on any atom is 0.244 e. The number of carbonyl (C=O) groups excluding carboxylic acids is 1. The van der Waals surface area contributed by atoms with Crippen molar-refractivity contribution in [1.29, 1.82) is 0 Å². The summed E-state index contributed by atoms with van der Waals surface area (Å²) in [4.78, 5) is 26.1. The predicted molar refractivity (Wildman–Crippen MR) is 113 cm³/mol. The Hall–Kier alpha value is -1.93. The predicted octanol–water partition coefficient (Wildman–Crippen LogP) is 2.45. The van der Waals surface area contributed by atoms with E-state index in [1.54, 1.807) is 22.7 Å². The van der Waals surface area contributed by atoms with Crippen molar-refractivity contribution in [3.63, 3.8) is 0 Å². The van der Waals surface area contributed by atoms with Crippen molar-refractivity contribution in [2.24, 2.45) is 4.99 Å². The zero-order valence-electron chi connectivity index (χ0n) is 16.0. The van der Waals surface area contributed by atoms with Crippen molar-refractivity contribution in [2.75, 3.05) is 26.2 Å². The van der Waals surface area contributed by atoms with Crippen molar-refractivity contribution < 1.29 is 4.79 Å². The summed E-state index contributed by atoms with van der Waals surface area (Å²) in [5, 5.41) is 9.75. The number of carbonyl (C=O) groups is 1. The standard InChI is InChI=1S/C19H27N5OS2/c1-3-15-11-22-17(27-15)5-8-21-19(20-4-2)23-12-18(25)24-9-6-16-14(13-24)7-10-26-16/h7,10-11H,3-6,8-9,12-13H2,1-2H3,(H2,20,21,23). The highest BCUT2D eigenvalue weighted by Gasteiger charge is 2.21. The average Bonchev–Trinajstić information content (AvgIpc) is 3.34. The van der Waals surface area contributed by atoms with E-state index in [-0.39, 0.29) is 12.5 Å². The number of aliphatic imine (C=N–C) groups is 1. The smallest absolute Gasteiger partial charge is 0.244 e. The van der Waals surface area contributed by atoms with E-state index < -0.39 is 0 Å². The molecule has 0 saturated heterocycles. The summed E-state index contributed by atoms with van der Waals surface area (Å²) < 4.78 is 0. The molecule has 0 saturated carbocycles. The van der Waals surface area contributed by atoms with Crippen molar-refractivity contribution in [3.05, 3.63) is 38.0 Å². The van der Waals surface area contributed by atoms with Gasteiger partial charge in [-0.1, -0.05) is 6.92 Å². The van der Waals surface area contributed by atoms with Crippen LogP contribution in [0.25, 0.3) is 0 Å². The van der Waals surface area contributed by atoms with Crippen LogP contribution in [-0.2, 0) is 30.6 Å². The molecule has 2 aromatic heterocycles. The molecule has 3 heterocycles. The number of nitrogens with zero attached hydrogens (tertiary/aromatic N) is 3. The van der Waals surface area contributed by atoms with Crippen LogP contribution in [0.5, 0.6) is 0 Å². The monoisotopic (exact) mass is 405 g/mol. The van der Waals surface area contributed by atoms with Crippen LogP contribution in [0.3, 0.4) is 0 Å². The van der Waals surface area contributed by atoms with Crippen LogP contribution in [0, 0.1) is 0 Å². The number of fused-ring (bicyclic) bond motifs is 1. The Morgan fingerprint density at radius 2 is 2.26 bits per heavy atom. The number of aryl methyl sites for hydroxylation is 1. The lowest BCUT2D eigenvalue weighted by Crippen LogP contribution is -2.40. The van der Waals surface area contributed by atoms with Gasteiger partial charge in [0.15, 0.2) is 5.96 Å². The van der Waals surface area contributed by atoms with Crippen molar-refractivity contribution in [3.8, 4) is 0 Å². The first-order valence-electron chi connectivity index (χ1n) is 9.48. The Bertz CT molecular complexity index is 783. The summed E-state index contributed by atoms with van der Waals surface area (Å²) in [6.45, 7) is 7.35. The molecule has 2 N–H and O–H groups in total. The van der Waals surface area contributed by atoms with E-state index in [9.17, 15) is 4.79 Å². The zero-order chi connectivity index (χ0) is 19.1. The van der Waals surface area contributed by atoms with Crippen LogP contribution >= 0.6 is 22.7 Å². The third kappa shape index (κ3) is 5.52. The highest BCUT2D eigenvalue weighted by molar-refractivity contribution is 7.11. The van der Waals surface area contributed by atoms with Crippen molar-refractivity contribution in [2.45, 2.75) is 39.7 Å².